The van der Waals surface area contributed by atoms with Crippen LogP contribution in [-0.2, 0) is 20.4 Å². The molecule has 4 N–H and O–H groups in total. The number of ether oxygens (including phenoxy) is 1. The lowest BCUT2D eigenvalue weighted by Crippen LogP contribution is -2.46. The first-order valence-corrected chi connectivity index (χ1v) is 7.84. The van der Waals surface area contributed by atoms with Gasteiger partial charge in [0.2, 0.25) is 0 Å². The standard InChI is InChI=1S/C18H29N3O3/c1-10-11(17(2,3)4)9-12(18(5,6)7)14(24-8)13(10)21(20)16(23)15(19)22/h9H,20H2,1-8H3,(H2,19,22). The van der Waals surface area contributed by atoms with Crippen molar-refractivity contribution < 1.29 is 14.3 Å². The minimum absolute atomic E-state index is 0.179. The maximum atomic E-state index is 12.1. The molecule has 0 bridgehead atoms. The number of carbonyl (C=O) groups is 2. The quantitative estimate of drug-likeness (QED) is 0.375. The predicted molar refractivity (Wildman–Crippen MR) is 96.0 cm³/mol. The van der Waals surface area contributed by atoms with E-state index in [1.54, 1.807) is 0 Å². The Bertz CT molecular complexity index is 668. The molecule has 0 saturated carbocycles. The van der Waals surface area contributed by atoms with Crippen LogP contribution in [0.5, 0.6) is 5.75 Å². The SMILES string of the molecule is COc1c(C(C)(C)C)cc(C(C)(C)C)c(C)c1N(N)C(=O)C(N)=O. The summed E-state index contributed by atoms with van der Waals surface area (Å²) in [5.41, 5.74) is 7.77. The number of primary amides is 1. The molecule has 134 valence electrons. The first kappa shape index (κ1) is 20.0. The summed E-state index contributed by atoms with van der Waals surface area (Å²) >= 11 is 0. The minimum atomic E-state index is -1.11. The largest absolute Gasteiger partial charge is 0.494 e. The Morgan fingerprint density at radius 2 is 1.50 bits per heavy atom. The number of carbonyl (C=O) groups excluding carboxylic acids is 2. The van der Waals surface area contributed by atoms with Crippen molar-refractivity contribution in [3.8, 4) is 5.75 Å². The third kappa shape index (κ3) is 3.70. The molecule has 1 aromatic carbocycles. The predicted octanol–water partition coefficient (Wildman–Crippen LogP) is 2.29. The van der Waals surface area contributed by atoms with Crippen LogP contribution in [0.1, 0.15) is 58.2 Å². The average molecular weight is 335 g/mol. The number of rotatable bonds is 2. The molecule has 0 fully saturated rings. The molecule has 0 aliphatic carbocycles. The van der Waals surface area contributed by atoms with Crippen LogP contribution in [0.2, 0.25) is 0 Å². The van der Waals surface area contributed by atoms with Crippen LogP contribution in [0.15, 0.2) is 6.07 Å². The third-order valence-corrected chi connectivity index (χ3v) is 4.00. The van der Waals surface area contributed by atoms with E-state index in [2.05, 4.69) is 26.8 Å². The number of hydrogen-bond acceptors (Lipinski definition) is 4. The van der Waals surface area contributed by atoms with Crippen molar-refractivity contribution in [2.24, 2.45) is 11.6 Å². The molecule has 0 saturated heterocycles. The van der Waals surface area contributed by atoms with Gasteiger partial charge in [0, 0.05) is 5.56 Å². The fourth-order valence-corrected chi connectivity index (χ4v) is 2.80. The molecular formula is C18H29N3O3. The van der Waals surface area contributed by atoms with E-state index in [0.717, 1.165) is 21.7 Å². The highest BCUT2D eigenvalue weighted by Gasteiger charge is 2.32. The lowest BCUT2D eigenvalue weighted by molar-refractivity contribution is -0.135. The summed E-state index contributed by atoms with van der Waals surface area (Å²) in [5.74, 6) is 4.32. The molecule has 1 aromatic rings. The molecule has 0 radical (unpaired) electrons. The number of hydrazine groups is 1. The number of nitrogens with two attached hydrogens (primary N) is 2. The zero-order valence-corrected chi connectivity index (χ0v) is 15.9. The molecular weight excluding hydrogens is 306 g/mol. The Morgan fingerprint density at radius 3 is 1.83 bits per heavy atom. The highest BCUT2D eigenvalue weighted by atomic mass is 16.5. The van der Waals surface area contributed by atoms with Gasteiger partial charge in [0.1, 0.15) is 11.4 Å². The number of nitrogens with zero attached hydrogens (tertiary/aromatic N) is 1. The maximum absolute atomic E-state index is 12.1. The first-order chi connectivity index (χ1) is 10.7. The Kier molecular flexibility index (Phi) is 5.35. The second-order valence-corrected chi connectivity index (χ2v) is 8.02. The molecule has 6 heteroatoms. The summed E-state index contributed by atoms with van der Waals surface area (Å²) in [6.07, 6.45) is 0. The van der Waals surface area contributed by atoms with Crippen LogP contribution in [0.4, 0.5) is 5.69 Å². The smallest absolute Gasteiger partial charge is 0.330 e. The van der Waals surface area contributed by atoms with Gasteiger partial charge in [0.05, 0.1) is 7.11 Å². The van der Waals surface area contributed by atoms with Crippen LogP contribution >= 0.6 is 0 Å². The number of anilines is 1. The molecule has 6 nitrogen and oxygen atoms in total. The summed E-state index contributed by atoms with van der Waals surface area (Å²) in [6.45, 7) is 14.2. The van der Waals surface area contributed by atoms with Crippen LogP contribution in [0, 0.1) is 6.92 Å². The van der Waals surface area contributed by atoms with Gasteiger partial charge in [-0.25, -0.2) is 10.9 Å². The van der Waals surface area contributed by atoms with E-state index >= 15 is 0 Å². The third-order valence-electron chi connectivity index (χ3n) is 4.00. The van der Waals surface area contributed by atoms with Gasteiger partial charge in [-0.05, 0) is 28.9 Å². The van der Waals surface area contributed by atoms with Crippen LogP contribution < -0.4 is 21.3 Å². The zero-order chi connectivity index (χ0) is 19.0. The van der Waals surface area contributed by atoms with E-state index in [9.17, 15) is 9.59 Å². The van der Waals surface area contributed by atoms with Crippen molar-refractivity contribution in [1.29, 1.82) is 0 Å². The lowest BCUT2D eigenvalue weighted by Gasteiger charge is -2.32. The Morgan fingerprint density at radius 1 is 1.04 bits per heavy atom. The molecule has 0 heterocycles. The summed E-state index contributed by atoms with van der Waals surface area (Å²) in [5, 5.41) is 0.793. The highest BCUT2D eigenvalue weighted by Crippen LogP contribution is 2.44. The second-order valence-electron chi connectivity index (χ2n) is 8.02. The molecule has 0 aliphatic rings. The van der Waals surface area contributed by atoms with Crippen LogP contribution in [0.25, 0.3) is 0 Å². The van der Waals surface area contributed by atoms with E-state index in [4.69, 9.17) is 16.3 Å². The highest BCUT2D eigenvalue weighted by molar-refractivity contribution is 6.39. The molecule has 24 heavy (non-hydrogen) atoms. The van der Waals surface area contributed by atoms with Crippen molar-refractivity contribution >= 4 is 17.5 Å². The molecule has 0 atom stereocenters. The van der Waals surface area contributed by atoms with Gasteiger partial charge in [-0.1, -0.05) is 47.6 Å². The van der Waals surface area contributed by atoms with Gasteiger partial charge in [0.25, 0.3) is 0 Å². The van der Waals surface area contributed by atoms with E-state index in [-0.39, 0.29) is 10.8 Å². The fraction of sp³-hybridized carbons (Fsp3) is 0.556. The average Bonchev–Trinajstić information content (AvgIpc) is 2.42. The van der Waals surface area contributed by atoms with Gasteiger partial charge in [-0.15, -0.1) is 0 Å². The summed E-state index contributed by atoms with van der Waals surface area (Å²) < 4.78 is 5.58. The molecule has 0 unspecified atom stereocenters. The van der Waals surface area contributed by atoms with Crippen LogP contribution in [0.3, 0.4) is 0 Å². The van der Waals surface area contributed by atoms with Crippen molar-refractivity contribution in [1.82, 2.24) is 0 Å². The summed E-state index contributed by atoms with van der Waals surface area (Å²) in [4.78, 5) is 23.4. The van der Waals surface area contributed by atoms with Crippen molar-refractivity contribution in [3.63, 3.8) is 0 Å². The molecule has 1 rings (SSSR count). The monoisotopic (exact) mass is 335 g/mol. The molecule has 0 spiro atoms. The topological polar surface area (TPSA) is 98.7 Å². The van der Waals surface area contributed by atoms with E-state index in [0.29, 0.717) is 11.4 Å². The van der Waals surface area contributed by atoms with Crippen molar-refractivity contribution in [3.05, 3.63) is 22.8 Å². The Balaban J connectivity index is 3.91. The van der Waals surface area contributed by atoms with E-state index < -0.39 is 11.8 Å². The first-order valence-electron chi connectivity index (χ1n) is 7.84. The summed E-state index contributed by atoms with van der Waals surface area (Å²) in [7, 11) is 1.52. The van der Waals surface area contributed by atoms with Crippen LogP contribution in [-0.4, -0.2) is 18.9 Å². The molecule has 0 aliphatic heterocycles. The van der Waals surface area contributed by atoms with E-state index in [1.165, 1.54) is 7.11 Å². The summed E-state index contributed by atoms with van der Waals surface area (Å²) in [6, 6.07) is 2.08. The van der Waals surface area contributed by atoms with Gasteiger partial charge < -0.3 is 10.5 Å². The lowest BCUT2D eigenvalue weighted by atomic mass is 9.77. The second kappa shape index (κ2) is 6.43. The van der Waals surface area contributed by atoms with E-state index in [1.807, 2.05) is 27.7 Å². The number of amides is 2. The number of methoxy groups -OCH3 is 1. The number of hydrogen-bond donors (Lipinski definition) is 2. The van der Waals surface area contributed by atoms with Gasteiger partial charge in [-0.3, -0.25) is 9.59 Å². The molecule has 0 aromatic heterocycles. The van der Waals surface area contributed by atoms with Crippen molar-refractivity contribution in [2.75, 3.05) is 12.1 Å². The number of benzene rings is 1. The van der Waals surface area contributed by atoms with Gasteiger partial charge in [-0.2, -0.15) is 0 Å². The zero-order valence-electron chi connectivity index (χ0n) is 15.9. The fourth-order valence-electron chi connectivity index (χ4n) is 2.80. The maximum Gasteiger partial charge on any atom is 0.330 e. The van der Waals surface area contributed by atoms with Gasteiger partial charge >= 0.3 is 11.8 Å². The van der Waals surface area contributed by atoms with Gasteiger partial charge in [0.15, 0.2) is 0 Å². The van der Waals surface area contributed by atoms with Crippen molar-refractivity contribution in [2.45, 2.75) is 59.3 Å². The Hall–Kier alpha value is -2.08. The minimum Gasteiger partial charge on any atom is -0.494 e. The Labute approximate surface area is 144 Å². The molecule has 2 amide bonds. The normalized spacial score (nSPS) is 12.0.